The second-order valence-corrected chi connectivity index (χ2v) is 3.49. The van der Waals surface area contributed by atoms with Crippen LogP contribution in [0, 0.1) is 0 Å². The lowest BCUT2D eigenvalue weighted by Crippen LogP contribution is -2.36. The third-order valence-electron chi connectivity index (χ3n) is 2.45. The molecule has 3 rings (SSSR count). The first-order valence-electron chi connectivity index (χ1n) is 4.97. The maximum atomic E-state index is 11.7. The number of para-hydroxylation sites is 1. The monoisotopic (exact) mass is 211 g/mol. The van der Waals surface area contributed by atoms with Crippen molar-refractivity contribution < 1.29 is 9.79 Å². The highest BCUT2D eigenvalue weighted by Gasteiger charge is 2.09. The van der Waals surface area contributed by atoms with E-state index in [-0.39, 0.29) is 6.01 Å². The molecule has 0 spiro atoms. The minimum Gasteiger partial charge on any atom is -0.841 e. The maximum Gasteiger partial charge on any atom is 0.238 e. The molecule has 2 aromatic heterocycles. The summed E-state index contributed by atoms with van der Waals surface area (Å²) >= 11 is 0. The maximum absolute atomic E-state index is 11.7. The average Bonchev–Trinajstić information content (AvgIpc) is 2.79. The molecule has 1 aromatic carbocycles. The van der Waals surface area contributed by atoms with Crippen molar-refractivity contribution in [2.45, 2.75) is 0 Å². The Bertz CT molecular complexity index is 631. The van der Waals surface area contributed by atoms with Crippen molar-refractivity contribution in [2.75, 3.05) is 0 Å². The summed E-state index contributed by atoms with van der Waals surface area (Å²) in [5.41, 5.74) is 1.71. The standard InChI is InChI=1S/C12H9N3O/c16-12-13-15(10-5-2-1-3-6-10)9-11-7-4-8-14(11)12/h1-9H. The molecule has 0 unspecified atom stereocenters. The van der Waals surface area contributed by atoms with Crippen molar-refractivity contribution in [2.24, 2.45) is 0 Å². The van der Waals surface area contributed by atoms with Crippen LogP contribution in [0.15, 0.2) is 54.9 Å². The van der Waals surface area contributed by atoms with Gasteiger partial charge in [-0.15, -0.1) is 0 Å². The van der Waals surface area contributed by atoms with Crippen molar-refractivity contribution in [1.82, 2.24) is 9.50 Å². The summed E-state index contributed by atoms with van der Waals surface area (Å²) in [6.07, 6.45) is 3.54. The van der Waals surface area contributed by atoms with E-state index in [0.717, 1.165) is 11.2 Å². The van der Waals surface area contributed by atoms with Gasteiger partial charge in [0.15, 0.2) is 0 Å². The van der Waals surface area contributed by atoms with Crippen LogP contribution in [0.25, 0.3) is 11.2 Å². The molecular weight excluding hydrogens is 202 g/mol. The number of hydrogen-bond donors (Lipinski definition) is 0. The van der Waals surface area contributed by atoms with E-state index in [4.69, 9.17) is 0 Å². The first-order valence-corrected chi connectivity index (χ1v) is 4.97. The molecule has 4 nitrogen and oxygen atoms in total. The molecule has 2 heterocycles. The van der Waals surface area contributed by atoms with E-state index in [0.29, 0.717) is 0 Å². The summed E-state index contributed by atoms with van der Waals surface area (Å²) in [4.78, 5) is 0. The molecule has 4 heteroatoms. The lowest BCUT2D eigenvalue weighted by Gasteiger charge is -2.05. The summed E-state index contributed by atoms with van der Waals surface area (Å²) in [6, 6.07) is 13.0. The molecule has 0 aliphatic heterocycles. The van der Waals surface area contributed by atoms with Gasteiger partial charge in [0.1, 0.15) is 11.5 Å². The van der Waals surface area contributed by atoms with E-state index in [1.807, 2.05) is 48.7 Å². The molecule has 0 radical (unpaired) electrons. The van der Waals surface area contributed by atoms with E-state index in [1.165, 1.54) is 4.40 Å². The number of nitrogens with zero attached hydrogens (tertiary/aromatic N) is 3. The highest BCUT2D eigenvalue weighted by Crippen LogP contribution is 2.07. The zero-order chi connectivity index (χ0) is 11.0. The molecule has 0 saturated carbocycles. The van der Waals surface area contributed by atoms with Crippen molar-refractivity contribution in [1.29, 1.82) is 0 Å². The van der Waals surface area contributed by atoms with E-state index in [1.54, 1.807) is 10.9 Å². The molecule has 0 bridgehead atoms. The van der Waals surface area contributed by atoms with Crippen LogP contribution in [0.3, 0.4) is 0 Å². The number of fused-ring (bicyclic) bond motifs is 1. The van der Waals surface area contributed by atoms with Gasteiger partial charge < -0.3 is 9.51 Å². The molecule has 0 saturated heterocycles. The van der Waals surface area contributed by atoms with Gasteiger partial charge in [0.05, 0.1) is 0 Å². The Morgan fingerprint density at radius 3 is 2.69 bits per heavy atom. The van der Waals surface area contributed by atoms with Gasteiger partial charge in [0, 0.05) is 23.4 Å². The van der Waals surface area contributed by atoms with Crippen molar-refractivity contribution >= 4 is 5.52 Å². The Morgan fingerprint density at radius 2 is 1.88 bits per heavy atom. The quantitative estimate of drug-likeness (QED) is 0.556. The largest absolute Gasteiger partial charge is 0.841 e. The predicted octanol–water partition coefficient (Wildman–Crippen LogP) is 0.685. The smallest absolute Gasteiger partial charge is 0.238 e. The number of benzene rings is 1. The zero-order valence-electron chi connectivity index (χ0n) is 8.45. The fourth-order valence-corrected chi connectivity index (χ4v) is 1.68. The van der Waals surface area contributed by atoms with Crippen LogP contribution in [0.4, 0.5) is 0 Å². The lowest BCUT2D eigenvalue weighted by molar-refractivity contribution is -0.664. The summed E-state index contributed by atoms with van der Waals surface area (Å²) in [5, 5.41) is 15.6. The van der Waals surface area contributed by atoms with Gasteiger partial charge in [-0.05, 0) is 16.8 Å². The number of hydrogen-bond acceptors (Lipinski definition) is 2. The Kier molecular flexibility index (Phi) is 1.86. The van der Waals surface area contributed by atoms with Crippen molar-refractivity contribution in [3.8, 4) is 11.7 Å². The Morgan fingerprint density at radius 1 is 1.06 bits per heavy atom. The molecule has 0 atom stereocenters. The molecule has 0 aliphatic rings. The van der Waals surface area contributed by atoms with Gasteiger partial charge in [0.25, 0.3) is 0 Å². The summed E-state index contributed by atoms with van der Waals surface area (Å²) in [6.45, 7) is 0. The fraction of sp³-hybridized carbons (Fsp3) is 0. The van der Waals surface area contributed by atoms with Crippen molar-refractivity contribution in [3.05, 3.63) is 54.9 Å². The van der Waals surface area contributed by atoms with Gasteiger partial charge in [-0.25, -0.2) is 0 Å². The lowest BCUT2D eigenvalue weighted by atomic mass is 10.3. The van der Waals surface area contributed by atoms with Crippen LogP contribution in [0.1, 0.15) is 0 Å². The van der Waals surface area contributed by atoms with Crippen LogP contribution in [-0.4, -0.2) is 9.50 Å². The van der Waals surface area contributed by atoms with E-state index in [2.05, 4.69) is 5.10 Å². The van der Waals surface area contributed by atoms with Crippen LogP contribution >= 0.6 is 0 Å². The minimum absolute atomic E-state index is 0.272. The zero-order valence-corrected chi connectivity index (χ0v) is 8.45. The summed E-state index contributed by atoms with van der Waals surface area (Å²) in [5.74, 6) is 0. The number of aromatic nitrogens is 3. The van der Waals surface area contributed by atoms with E-state index >= 15 is 0 Å². The first-order chi connectivity index (χ1) is 7.84. The second kappa shape index (κ2) is 3.34. The Balaban J connectivity index is 2.25. The molecular formula is C12H9N3O. The molecule has 0 amide bonds. The SMILES string of the molecule is [O-]c1n[n+](-c2ccccc2)cc2cccn12. The molecule has 0 aliphatic carbocycles. The predicted molar refractivity (Wildman–Crippen MR) is 56.2 cm³/mol. The molecule has 78 valence electrons. The van der Waals surface area contributed by atoms with Gasteiger partial charge in [-0.3, -0.25) is 0 Å². The van der Waals surface area contributed by atoms with Gasteiger partial charge in [0.2, 0.25) is 11.9 Å². The van der Waals surface area contributed by atoms with Crippen LogP contribution in [-0.2, 0) is 0 Å². The van der Waals surface area contributed by atoms with Gasteiger partial charge in [-0.1, -0.05) is 18.2 Å². The molecule has 16 heavy (non-hydrogen) atoms. The third-order valence-corrected chi connectivity index (χ3v) is 2.45. The minimum atomic E-state index is -0.272. The van der Waals surface area contributed by atoms with Crippen LogP contribution in [0.2, 0.25) is 0 Å². The topological polar surface area (TPSA) is 44.2 Å². The second-order valence-electron chi connectivity index (χ2n) is 3.49. The summed E-state index contributed by atoms with van der Waals surface area (Å²) < 4.78 is 3.11. The molecule has 0 fully saturated rings. The number of rotatable bonds is 1. The van der Waals surface area contributed by atoms with Crippen LogP contribution in [0.5, 0.6) is 6.01 Å². The van der Waals surface area contributed by atoms with E-state index < -0.39 is 0 Å². The molecule has 3 aromatic rings. The third kappa shape index (κ3) is 1.32. The van der Waals surface area contributed by atoms with Crippen molar-refractivity contribution in [3.63, 3.8) is 0 Å². The molecule has 0 N–H and O–H groups in total. The highest BCUT2D eigenvalue weighted by molar-refractivity contribution is 5.44. The van der Waals surface area contributed by atoms with Gasteiger partial charge >= 0.3 is 0 Å². The van der Waals surface area contributed by atoms with E-state index in [9.17, 15) is 5.11 Å². The fourth-order valence-electron chi connectivity index (χ4n) is 1.68. The Labute approximate surface area is 92.0 Å². The first kappa shape index (κ1) is 8.91. The normalized spacial score (nSPS) is 10.8. The van der Waals surface area contributed by atoms with Gasteiger partial charge in [-0.2, -0.15) is 0 Å². The summed E-state index contributed by atoms with van der Waals surface area (Å²) in [7, 11) is 0. The van der Waals surface area contributed by atoms with Crippen LogP contribution < -0.4 is 9.79 Å². The average molecular weight is 211 g/mol. The Hall–Kier alpha value is -2.36. The highest BCUT2D eigenvalue weighted by atomic mass is 16.3.